The van der Waals surface area contributed by atoms with E-state index in [0.717, 1.165) is 18.7 Å². The zero-order valence-corrected chi connectivity index (χ0v) is 6.42. The number of hydrogen-bond acceptors (Lipinski definition) is 3. The molecule has 2 N–H and O–H groups in total. The van der Waals surface area contributed by atoms with E-state index in [1.165, 1.54) is 12.4 Å². The topological polar surface area (TPSA) is 57.8 Å². The molecule has 0 bridgehead atoms. The van der Waals surface area contributed by atoms with E-state index in [9.17, 15) is 4.79 Å². The molecule has 60 valence electrons. The molecule has 0 aromatic carbocycles. The minimum Gasteiger partial charge on any atom is -0.319 e. The highest BCUT2D eigenvalue weighted by Gasteiger charge is 1.92. The van der Waals surface area contributed by atoms with Gasteiger partial charge in [0.15, 0.2) is 0 Å². The Hall–Kier alpha value is -1.16. The molecule has 4 nitrogen and oxygen atoms in total. The number of H-pyrrole nitrogens is 1. The lowest BCUT2D eigenvalue weighted by Gasteiger charge is -1.96. The number of aromatic amines is 1. The second kappa shape index (κ2) is 3.88. The van der Waals surface area contributed by atoms with Crippen LogP contribution in [0.2, 0.25) is 0 Å². The minimum absolute atomic E-state index is 0.0916. The molecule has 0 saturated heterocycles. The molecule has 0 radical (unpaired) electrons. The first-order valence-corrected chi connectivity index (χ1v) is 3.51. The summed E-state index contributed by atoms with van der Waals surface area (Å²) in [5.41, 5.74) is 0.731. The quantitative estimate of drug-likeness (QED) is 0.617. The number of nitrogens with one attached hydrogen (secondary N) is 2. The summed E-state index contributed by atoms with van der Waals surface area (Å²) in [6.07, 6.45) is 2.22. The van der Waals surface area contributed by atoms with Gasteiger partial charge < -0.3 is 10.3 Å². The second-order valence-electron chi connectivity index (χ2n) is 2.26. The van der Waals surface area contributed by atoms with Gasteiger partial charge in [-0.05, 0) is 7.05 Å². The van der Waals surface area contributed by atoms with E-state index < -0.39 is 0 Å². The molecule has 0 unspecified atom stereocenters. The average molecular weight is 153 g/mol. The molecule has 0 aliphatic rings. The number of rotatable bonds is 3. The summed E-state index contributed by atoms with van der Waals surface area (Å²) >= 11 is 0. The Bertz CT molecular complexity index is 268. The van der Waals surface area contributed by atoms with Crippen molar-refractivity contribution in [2.75, 3.05) is 13.6 Å². The third-order valence-corrected chi connectivity index (χ3v) is 1.37. The first-order valence-electron chi connectivity index (χ1n) is 3.51. The Balaban J connectivity index is 2.64. The predicted molar refractivity (Wildman–Crippen MR) is 42.5 cm³/mol. The van der Waals surface area contributed by atoms with Gasteiger partial charge in [-0.15, -0.1) is 0 Å². The van der Waals surface area contributed by atoms with E-state index in [2.05, 4.69) is 15.3 Å². The van der Waals surface area contributed by atoms with E-state index in [4.69, 9.17) is 0 Å². The molecule has 4 heteroatoms. The van der Waals surface area contributed by atoms with Crippen LogP contribution in [0.3, 0.4) is 0 Å². The molecule has 0 amide bonds. The minimum atomic E-state index is -0.0916. The Morgan fingerprint density at radius 3 is 3.18 bits per heavy atom. The summed E-state index contributed by atoms with van der Waals surface area (Å²) in [6, 6.07) is 1.51. The van der Waals surface area contributed by atoms with Gasteiger partial charge in [-0.1, -0.05) is 0 Å². The van der Waals surface area contributed by atoms with Crippen molar-refractivity contribution in [3.8, 4) is 0 Å². The molecule has 1 aromatic rings. The van der Waals surface area contributed by atoms with E-state index in [-0.39, 0.29) is 5.56 Å². The smallest absolute Gasteiger partial charge is 0.250 e. The van der Waals surface area contributed by atoms with Crippen molar-refractivity contribution < 1.29 is 0 Å². The van der Waals surface area contributed by atoms with E-state index in [1.807, 2.05) is 7.05 Å². The lowest BCUT2D eigenvalue weighted by Crippen LogP contribution is -2.14. The Labute approximate surface area is 64.7 Å². The Morgan fingerprint density at radius 2 is 2.55 bits per heavy atom. The molecule has 0 fully saturated rings. The molecule has 1 heterocycles. The van der Waals surface area contributed by atoms with Gasteiger partial charge in [0.1, 0.15) is 0 Å². The maximum atomic E-state index is 10.7. The molecule has 0 aliphatic carbocycles. The van der Waals surface area contributed by atoms with Crippen molar-refractivity contribution in [2.24, 2.45) is 0 Å². The summed E-state index contributed by atoms with van der Waals surface area (Å²) in [7, 11) is 1.87. The van der Waals surface area contributed by atoms with Crippen molar-refractivity contribution in [2.45, 2.75) is 6.42 Å². The van der Waals surface area contributed by atoms with Crippen LogP contribution in [-0.4, -0.2) is 23.6 Å². The fourth-order valence-corrected chi connectivity index (χ4v) is 0.799. The SMILES string of the molecule is CNCCc1cc(=O)[nH]cn1. The summed E-state index contributed by atoms with van der Waals surface area (Å²) in [5.74, 6) is 0. The molecule has 1 rings (SSSR count). The van der Waals surface area contributed by atoms with Crippen LogP contribution in [-0.2, 0) is 6.42 Å². The van der Waals surface area contributed by atoms with Gasteiger partial charge in [-0.2, -0.15) is 0 Å². The number of likely N-dealkylation sites (N-methyl/N-ethyl adjacent to an activating group) is 1. The predicted octanol–water partition coefficient (Wildman–Crippen LogP) is -0.468. The van der Waals surface area contributed by atoms with E-state index in [1.54, 1.807) is 0 Å². The summed E-state index contributed by atoms with van der Waals surface area (Å²) in [4.78, 5) is 17.2. The molecule has 0 spiro atoms. The van der Waals surface area contributed by atoms with Crippen LogP contribution in [0.4, 0.5) is 0 Å². The fourth-order valence-electron chi connectivity index (χ4n) is 0.799. The van der Waals surface area contributed by atoms with Gasteiger partial charge in [0.25, 0.3) is 5.56 Å². The summed E-state index contributed by atoms with van der Waals surface area (Å²) < 4.78 is 0. The molecule has 0 saturated carbocycles. The highest BCUT2D eigenvalue weighted by atomic mass is 16.1. The molecular formula is C7H11N3O. The normalized spacial score (nSPS) is 9.91. The van der Waals surface area contributed by atoms with Gasteiger partial charge in [0.2, 0.25) is 0 Å². The second-order valence-corrected chi connectivity index (χ2v) is 2.26. The van der Waals surface area contributed by atoms with Crippen LogP contribution in [0.25, 0.3) is 0 Å². The molecule has 1 aromatic heterocycles. The first kappa shape index (κ1) is 7.94. The van der Waals surface area contributed by atoms with Gasteiger partial charge >= 0.3 is 0 Å². The highest BCUT2D eigenvalue weighted by Crippen LogP contribution is 1.86. The summed E-state index contributed by atoms with van der Waals surface area (Å²) in [6.45, 7) is 0.844. The monoisotopic (exact) mass is 153 g/mol. The van der Waals surface area contributed by atoms with Crippen LogP contribution < -0.4 is 10.9 Å². The largest absolute Gasteiger partial charge is 0.319 e. The fraction of sp³-hybridized carbons (Fsp3) is 0.429. The maximum absolute atomic E-state index is 10.7. The maximum Gasteiger partial charge on any atom is 0.250 e. The van der Waals surface area contributed by atoms with Crippen LogP contribution in [0, 0.1) is 0 Å². The lowest BCUT2D eigenvalue weighted by atomic mass is 10.3. The number of nitrogens with zero attached hydrogens (tertiary/aromatic N) is 1. The average Bonchev–Trinajstić information content (AvgIpc) is 2.01. The van der Waals surface area contributed by atoms with Crippen molar-refractivity contribution in [3.05, 3.63) is 28.4 Å². The van der Waals surface area contributed by atoms with Gasteiger partial charge in [-0.3, -0.25) is 4.79 Å². The third kappa shape index (κ3) is 2.51. The van der Waals surface area contributed by atoms with Gasteiger partial charge in [0, 0.05) is 24.7 Å². The van der Waals surface area contributed by atoms with Crippen molar-refractivity contribution >= 4 is 0 Å². The zero-order valence-electron chi connectivity index (χ0n) is 6.42. The standard InChI is InChI=1S/C7H11N3O/c1-8-3-2-6-4-7(11)10-5-9-6/h4-5,8H,2-3H2,1H3,(H,9,10,11). The molecule has 0 atom stereocenters. The number of hydrogen-bond donors (Lipinski definition) is 2. The van der Waals surface area contributed by atoms with Gasteiger partial charge in [-0.25, -0.2) is 4.98 Å². The summed E-state index contributed by atoms with van der Waals surface area (Å²) in [5, 5.41) is 2.98. The van der Waals surface area contributed by atoms with Gasteiger partial charge in [0.05, 0.1) is 6.33 Å². The molecular weight excluding hydrogens is 142 g/mol. The van der Waals surface area contributed by atoms with Crippen molar-refractivity contribution in [1.82, 2.24) is 15.3 Å². The number of aromatic nitrogens is 2. The van der Waals surface area contributed by atoms with Crippen molar-refractivity contribution in [3.63, 3.8) is 0 Å². The van der Waals surface area contributed by atoms with E-state index >= 15 is 0 Å². The van der Waals surface area contributed by atoms with Crippen LogP contribution >= 0.6 is 0 Å². The Kier molecular flexibility index (Phi) is 2.80. The molecule has 0 aliphatic heterocycles. The first-order chi connectivity index (χ1) is 5.33. The zero-order chi connectivity index (χ0) is 8.10. The third-order valence-electron chi connectivity index (χ3n) is 1.37. The van der Waals surface area contributed by atoms with Crippen LogP contribution in [0.5, 0.6) is 0 Å². The van der Waals surface area contributed by atoms with E-state index in [0.29, 0.717) is 0 Å². The lowest BCUT2D eigenvalue weighted by molar-refractivity contribution is 0.771. The highest BCUT2D eigenvalue weighted by molar-refractivity contribution is 4.98. The van der Waals surface area contributed by atoms with Crippen LogP contribution in [0.1, 0.15) is 5.69 Å². The van der Waals surface area contributed by atoms with Crippen molar-refractivity contribution in [1.29, 1.82) is 0 Å². The molecule has 11 heavy (non-hydrogen) atoms. The van der Waals surface area contributed by atoms with Crippen LogP contribution in [0.15, 0.2) is 17.2 Å². The Morgan fingerprint density at radius 1 is 1.73 bits per heavy atom.